The van der Waals surface area contributed by atoms with Crippen molar-refractivity contribution in [2.45, 2.75) is 37.9 Å². The largest absolute Gasteiger partial charge is 0.354 e. The summed E-state index contributed by atoms with van der Waals surface area (Å²) in [6.07, 6.45) is 4.99. The second kappa shape index (κ2) is 7.99. The number of hydrogen-bond acceptors (Lipinski definition) is 3. The Morgan fingerprint density at radius 2 is 2.33 bits per heavy atom. The molecule has 1 aliphatic rings. The molecule has 1 amide bonds. The van der Waals surface area contributed by atoms with E-state index in [2.05, 4.69) is 17.6 Å². The highest BCUT2D eigenvalue weighted by Gasteiger charge is 2.14. The van der Waals surface area contributed by atoms with Crippen LogP contribution in [0.15, 0.2) is 0 Å². The maximum atomic E-state index is 11.4. The van der Waals surface area contributed by atoms with Crippen LogP contribution in [0.4, 0.5) is 0 Å². The lowest BCUT2D eigenvalue weighted by molar-refractivity contribution is -0.120. The van der Waals surface area contributed by atoms with Crippen molar-refractivity contribution in [1.82, 2.24) is 10.6 Å². The van der Waals surface area contributed by atoms with Crippen molar-refractivity contribution in [2.24, 2.45) is 0 Å². The van der Waals surface area contributed by atoms with Gasteiger partial charge < -0.3 is 10.6 Å². The minimum absolute atomic E-state index is 0.134. The Kier molecular flexibility index (Phi) is 6.85. The summed E-state index contributed by atoms with van der Waals surface area (Å²) >= 11 is 2.00. The SMILES string of the molecule is CCCNCC(=O)NCC1CCCCS1. The zero-order chi connectivity index (χ0) is 10.9. The average molecular weight is 230 g/mol. The zero-order valence-electron chi connectivity index (χ0n) is 9.55. The number of carbonyl (C=O) groups is 1. The molecule has 0 aromatic heterocycles. The van der Waals surface area contributed by atoms with Gasteiger partial charge in [-0.2, -0.15) is 11.8 Å². The van der Waals surface area contributed by atoms with Crippen LogP contribution in [0.1, 0.15) is 32.6 Å². The first-order valence-electron chi connectivity index (χ1n) is 5.92. The third-order valence-electron chi connectivity index (χ3n) is 2.51. The molecule has 88 valence electrons. The predicted octanol–water partition coefficient (Wildman–Crippen LogP) is 1.39. The molecule has 1 heterocycles. The van der Waals surface area contributed by atoms with E-state index in [1.54, 1.807) is 0 Å². The van der Waals surface area contributed by atoms with Crippen LogP contribution in [-0.2, 0) is 4.79 Å². The number of amides is 1. The highest BCUT2D eigenvalue weighted by molar-refractivity contribution is 7.99. The number of nitrogens with one attached hydrogen (secondary N) is 2. The first kappa shape index (κ1) is 12.8. The van der Waals surface area contributed by atoms with E-state index in [-0.39, 0.29) is 5.91 Å². The van der Waals surface area contributed by atoms with Crippen molar-refractivity contribution in [1.29, 1.82) is 0 Å². The Balaban J connectivity index is 2.00. The van der Waals surface area contributed by atoms with Gasteiger partial charge in [-0.05, 0) is 31.6 Å². The highest BCUT2D eigenvalue weighted by Crippen LogP contribution is 2.24. The van der Waals surface area contributed by atoms with E-state index in [0.29, 0.717) is 11.8 Å². The lowest BCUT2D eigenvalue weighted by Crippen LogP contribution is -2.38. The molecule has 0 bridgehead atoms. The molecule has 0 aliphatic carbocycles. The molecule has 0 saturated carbocycles. The normalized spacial score (nSPS) is 21.3. The van der Waals surface area contributed by atoms with Gasteiger partial charge in [-0.3, -0.25) is 4.79 Å². The van der Waals surface area contributed by atoms with E-state index in [4.69, 9.17) is 0 Å². The van der Waals surface area contributed by atoms with Crippen molar-refractivity contribution >= 4 is 17.7 Å². The summed E-state index contributed by atoms with van der Waals surface area (Å²) in [5, 5.41) is 6.74. The smallest absolute Gasteiger partial charge is 0.233 e. The van der Waals surface area contributed by atoms with Crippen LogP contribution in [0.5, 0.6) is 0 Å². The van der Waals surface area contributed by atoms with E-state index >= 15 is 0 Å². The van der Waals surface area contributed by atoms with Gasteiger partial charge in [0, 0.05) is 11.8 Å². The second-order valence-electron chi connectivity index (χ2n) is 3.97. The average Bonchev–Trinajstić information content (AvgIpc) is 2.28. The third kappa shape index (κ3) is 6.05. The molecule has 0 aromatic carbocycles. The second-order valence-corrected chi connectivity index (χ2v) is 5.38. The minimum atomic E-state index is 0.134. The Hall–Kier alpha value is -0.220. The van der Waals surface area contributed by atoms with Crippen LogP contribution in [-0.4, -0.2) is 36.5 Å². The van der Waals surface area contributed by atoms with Crippen LogP contribution >= 0.6 is 11.8 Å². The molecule has 4 heteroatoms. The van der Waals surface area contributed by atoms with Crippen LogP contribution in [0.2, 0.25) is 0 Å². The first-order valence-corrected chi connectivity index (χ1v) is 6.97. The van der Waals surface area contributed by atoms with Crippen LogP contribution in [0.3, 0.4) is 0 Å². The van der Waals surface area contributed by atoms with Crippen molar-refractivity contribution in [2.75, 3.05) is 25.4 Å². The monoisotopic (exact) mass is 230 g/mol. The minimum Gasteiger partial charge on any atom is -0.354 e. The van der Waals surface area contributed by atoms with E-state index in [9.17, 15) is 4.79 Å². The Morgan fingerprint density at radius 1 is 1.47 bits per heavy atom. The number of carbonyl (C=O) groups excluding carboxylic acids is 1. The van der Waals surface area contributed by atoms with Gasteiger partial charge in [0.2, 0.25) is 5.91 Å². The predicted molar refractivity (Wildman–Crippen MR) is 66.3 cm³/mol. The number of hydrogen-bond donors (Lipinski definition) is 2. The maximum absolute atomic E-state index is 11.4. The molecule has 3 nitrogen and oxygen atoms in total. The molecular formula is C11H22N2OS. The summed E-state index contributed by atoms with van der Waals surface area (Å²) in [7, 11) is 0. The maximum Gasteiger partial charge on any atom is 0.233 e. The Morgan fingerprint density at radius 3 is 3.00 bits per heavy atom. The number of rotatable bonds is 6. The number of thioether (sulfide) groups is 1. The molecule has 0 aromatic rings. The molecule has 15 heavy (non-hydrogen) atoms. The van der Waals surface area contributed by atoms with Gasteiger partial charge >= 0.3 is 0 Å². The molecule has 1 unspecified atom stereocenters. The summed E-state index contributed by atoms with van der Waals surface area (Å²) in [4.78, 5) is 11.4. The van der Waals surface area contributed by atoms with E-state index in [1.807, 2.05) is 11.8 Å². The van der Waals surface area contributed by atoms with E-state index in [0.717, 1.165) is 19.5 Å². The Bertz CT molecular complexity index is 181. The molecule has 0 spiro atoms. The summed E-state index contributed by atoms with van der Waals surface area (Å²) in [5.41, 5.74) is 0. The van der Waals surface area contributed by atoms with Gasteiger partial charge in [0.1, 0.15) is 0 Å². The third-order valence-corrected chi connectivity index (χ3v) is 3.91. The fourth-order valence-electron chi connectivity index (χ4n) is 1.64. The van der Waals surface area contributed by atoms with Crippen LogP contribution in [0.25, 0.3) is 0 Å². The lowest BCUT2D eigenvalue weighted by atomic mass is 10.2. The van der Waals surface area contributed by atoms with Crippen molar-refractivity contribution in [3.63, 3.8) is 0 Å². The van der Waals surface area contributed by atoms with Crippen LogP contribution < -0.4 is 10.6 Å². The van der Waals surface area contributed by atoms with Crippen molar-refractivity contribution in [3.05, 3.63) is 0 Å². The van der Waals surface area contributed by atoms with Crippen molar-refractivity contribution in [3.8, 4) is 0 Å². The first-order chi connectivity index (χ1) is 7.33. The van der Waals surface area contributed by atoms with E-state index < -0.39 is 0 Å². The molecule has 1 aliphatic heterocycles. The highest BCUT2D eigenvalue weighted by atomic mass is 32.2. The fraction of sp³-hybridized carbons (Fsp3) is 0.909. The standard InChI is InChI=1S/C11H22N2OS/c1-2-6-12-9-11(14)13-8-10-5-3-4-7-15-10/h10,12H,2-9H2,1H3,(H,13,14). The fourth-order valence-corrected chi connectivity index (χ4v) is 2.88. The summed E-state index contributed by atoms with van der Waals surface area (Å²) in [6.45, 7) is 4.33. The van der Waals surface area contributed by atoms with Gasteiger partial charge in [0.25, 0.3) is 0 Å². The van der Waals surface area contributed by atoms with Gasteiger partial charge in [0.05, 0.1) is 6.54 Å². The topological polar surface area (TPSA) is 41.1 Å². The van der Waals surface area contributed by atoms with Gasteiger partial charge in [-0.1, -0.05) is 13.3 Å². The molecule has 1 fully saturated rings. The van der Waals surface area contributed by atoms with Crippen molar-refractivity contribution < 1.29 is 4.79 Å². The van der Waals surface area contributed by atoms with E-state index in [1.165, 1.54) is 25.0 Å². The summed E-state index contributed by atoms with van der Waals surface area (Å²) in [6, 6.07) is 0. The molecule has 0 radical (unpaired) electrons. The van der Waals surface area contributed by atoms with Gasteiger partial charge in [0.15, 0.2) is 0 Å². The summed E-state index contributed by atoms with van der Waals surface area (Å²) in [5.74, 6) is 1.39. The van der Waals surface area contributed by atoms with Gasteiger partial charge in [-0.15, -0.1) is 0 Å². The Labute approximate surface area is 96.8 Å². The quantitative estimate of drug-likeness (QED) is 0.678. The molecular weight excluding hydrogens is 208 g/mol. The molecule has 1 atom stereocenters. The van der Waals surface area contributed by atoms with Gasteiger partial charge in [-0.25, -0.2) is 0 Å². The van der Waals surface area contributed by atoms with Crippen LogP contribution in [0, 0.1) is 0 Å². The summed E-state index contributed by atoms with van der Waals surface area (Å²) < 4.78 is 0. The zero-order valence-corrected chi connectivity index (χ0v) is 10.4. The lowest BCUT2D eigenvalue weighted by Gasteiger charge is -2.21. The molecule has 1 saturated heterocycles. The molecule has 2 N–H and O–H groups in total. The molecule has 1 rings (SSSR count).